The number of nitrogens with zero attached hydrogens (tertiary/aromatic N) is 2. The van der Waals surface area contributed by atoms with Crippen LogP contribution in [0.15, 0.2) is 11.4 Å². The van der Waals surface area contributed by atoms with Crippen molar-refractivity contribution < 1.29 is 4.79 Å². The van der Waals surface area contributed by atoms with Gasteiger partial charge in [-0.3, -0.25) is 9.69 Å². The third-order valence-corrected chi connectivity index (χ3v) is 4.68. The van der Waals surface area contributed by atoms with E-state index in [1.165, 1.54) is 17.8 Å². The zero-order valence-electron chi connectivity index (χ0n) is 12.2. The van der Waals surface area contributed by atoms with Crippen molar-refractivity contribution >= 4 is 22.2 Å². The molecule has 1 N–H and O–H groups in total. The lowest BCUT2D eigenvalue weighted by molar-refractivity contribution is -0.121. The molecule has 1 saturated heterocycles. The minimum absolute atomic E-state index is 0.0229. The zero-order valence-corrected chi connectivity index (χ0v) is 13.0. The third kappa shape index (κ3) is 3.38. The molecule has 0 spiro atoms. The predicted octanol–water partition coefficient (Wildman–Crippen LogP) is 2.92. The van der Waals surface area contributed by atoms with E-state index in [9.17, 15) is 4.79 Å². The molecule has 1 aliphatic rings. The first kappa shape index (κ1) is 15.0. The van der Waals surface area contributed by atoms with Crippen LogP contribution in [0.2, 0.25) is 0 Å². The fourth-order valence-corrected chi connectivity index (χ4v) is 3.64. The highest BCUT2D eigenvalue weighted by Gasteiger charge is 2.29. The van der Waals surface area contributed by atoms with Crippen LogP contribution >= 0.6 is 11.3 Å². The topological polar surface area (TPSA) is 56.1 Å². The van der Waals surface area contributed by atoms with Gasteiger partial charge in [0.25, 0.3) is 0 Å². The SMILES string of the molecule is C[C@@H]1C[C@H](C)CN([C@@H](C)C(=O)Nc2sccc2C#N)C1. The largest absolute Gasteiger partial charge is 0.315 e. The number of piperidine rings is 1. The third-order valence-electron chi connectivity index (χ3n) is 3.85. The molecule has 20 heavy (non-hydrogen) atoms. The van der Waals surface area contributed by atoms with Crippen molar-refractivity contribution in [2.45, 2.75) is 33.2 Å². The Labute approximate surface area is 124 Å². The Hall–Kier alpha value is -1.38. The van der Waals surface area contributed by atoms with E-state index >= 15 is 0 Å². The van der Waals surface area contributed by atoms with Crippen LogP contribution in [0.5, 0.6) is 0 Å². The number of nitriles is 1. The Bertz CT molecular complexity index is 509. The van der Waals surface area contributed by atoms with Crippen molar-refractivity contribution in [3.05, 3.63) is 17.0 Å². The zero-order chi connectivity index (χ0) is 14.7. The second-order valence-corrected chi connectivity index (χ2v) is 6.76. The molecule has 1 amide bonds. The molecule has 0 aliphatic carbocycles. The van der Waals surface area contributed by atoms with Crippen LogP contribution in [0.25, 0.3) is 0 Å². The first-order valence-electron chi connectivity index (χ1n) is 7.03. The van der Waals surface area contributed by atoms with Crippen molar-refractivity contribution in [2.24, 2.45) is 11.8 Å². The Morgan fingerprint density at radius 3 is 2.75 bits per heavy atom. The molecule has 2 rings (SSSR count). The van der Waals surface area contributed by atoms with E-state index in [1.807, 2.05) is 12.3 Å². The van der Waals surface area contributed by atoms with Crippen molar-refractivity contribution in [1.82, 2.24) is 4.90 Å². The summed E-state index contributed by atoms with van der Waals surface area (Å²) in [5, 5.41) is 14.3. The Balaban J connectivity index is 2.00. The Morgan fingerprint density at radius 1 is 1.50 bits per heavy atom. The molecule has 1 aromatic rings. The normalized spacial score (nSPS) is 24.9. The van der Waals surface area contributed by atoms with Gasteiger partial charge >= 0.3 is 0 Å². The number of thiophene rings is 1. The van der Waals surface area contributed by atoms with Crippen LogP contribution in [0, 0.1) is 23.2 Å². The number of likely N-dealkylation sites (tertiary alicyclic amines) is 1. The molecular weight excluding hydrogens is 270 g/mol. The van der Waals surface area contributed by atoms with Gasteiger partial charge in [-0.2, -0.15) is 5.26 Å². The first-order valence-corrected chi connectivity index (χ1v) is 7.91. The molecule has 0 radical (unpaired) electrons. The van der Waals surface area contributed by atoms with Gasteiger partial charge in [0.05, 0.1) is 11.6 Å². The lowest BCUT2D eigenvalue weighted by Crippen LogP contribution is -2.48. The molecule has 1 fully saturated rings. The Kier molecular flexibility index (Phi) is 4.79. The number of carbonyl (C=O) groups is 1. The fourth-order valence-electron chi connectivity index (χ4n) is 2.90. The maximum absolute atomic E-state index is 12.3. The molecule has 5 heteroatoms. The number of nitrogens with one attached hydrogen (secondary N) is 1. The minimum Gasteiger partial charge on any atom is -0.315 e. The van der Waals surface area contributed by atoms with E-state index in [1.54, 1.807) is 6.07 Å². The molecule has 1 aromatic heterocycles. The summed E-state index contributed by atoms with van der Waals surface area (Å²) in [5.74, 6) is 1.24. The second-order valence-electron chi connectivity index (χ2n) is 5.84. The van der Waals surface area contributed by atoms with Crippen LogP contribution < -0.4 is 5.32 Å². The average molecular weight is 291 g/mol. The van der Waals surface area contributed by atoms with E-state index in [0.29, 0.717) is 22.4 Å². The first-order chi connectivity index (χ1) is 9.51. The van der Waals surface area contributed by atoms with Gasteiger partial charge in [0.1, 0.15) is 11.1 Å². The van der Waals surface area contributed by atoms with Crippen LogP contribution in [0.4, 0.5) is 5.00 Å². The van der Waals surface area contributed by atoms with E-state index < -0.39 is 0 Å². The average Bonchev–Trinajstić information content (AvgIpc) is 2.83. The van der Waals surface area contributed by atoms with Gasteiger partial charge < -0.3 is 5.32 Å². The van der Waals surface area contributed by atoms with Crippen LogP contribution in [-0.4, -0.2) is 29.9 Å². The van der Waals surface area contributed by atoms with Crippen molar-refractivity contribution in [3.8, 4) is 6.07 Å². The van der Waals surface area contributed by atoms with E-state index in [-0.39, 0.29) is 11.9 Å². The van der Waals surface area contributed by atoms with Crippen molar-refractivity contribution in [1.29, 1.82) is 5.26 Å². The molecule has 2 heterocycles. The number of amides is 1. The summed E-state index contributed by atoms with van der Waals surface area (Å²) in [6, 6.07) is 3.67. The Morgan fingerprint density at radius 2 is 2.15 bits per heavy atom. The van der Waals surface area contributed by atoms with Crippen LogP contribution in [0.3, 0.4) is 0 Å². The summed E-state index contributed by atoms with van der Waals surface area (Å²) >= 11 is 1.39. The number of anilines is 1. The number of carbonyl (C=O) groups excluding carboxylic acids is 1. The van der Waals surface area contributed by atoms with Gasteiger partial charge in [0, 0.05) is 13.1 Å². The fraction of sp³-hybridized carbons (Fsp3) is 0.600. The molecule has 1 aliphatic heterocycles. The van der Waals surface area contributed by atoms with Gasteiger partial charge in [-0.15, -0.1) is 11.3 Å². The molecule has 108 valence electrons. The maximum Gasteiger partial charge on any atom is 0.242 e. The van der Waals surface area contributed by atoms with Crippen molar-refractivity contribution in [2.75, 3.05) is 18.4 Å². The highest BCUT2D eigenvalue weighted by Crippen LogP contribution is 2.25. The highest BCUT2D eigenvalue weighted by molar-refractivity contribution is 7.14. The molecule has 0 unspecified atom stereocenters. The van der Waals surface area contributed by atoms with Crippen molar-refractivity contribution in [3.63, 3.8) is 0 Å². The number of hydrogen-bond donors (Lipinski definition) is 1. The van der Waals surface area contributed by atoms with E-state index in [2.05, 4.69) is 30.1 Å². The van der Waals surface area contributed by atoms with Crippen LogP contribution in [-0.2, 0) is 4.79 Å². The monoisotopic (exact) mass is 291 g/mol. The minimum atomic E-state index is -0.158. The van der Waals surface area contributed by atoms with Gasteiger partial charge in [0.15, 0.2) is 0 Å². The smallest absolute Gasteiger partial charge is 0.242 e. The van der Waals surface area contributed by atoms with Crippen LogP contribution in [0.1, 0.15) is 32.8 Å². The molecule has 0 saturated carbocycles. The summed E-state index contributed by atoms with van der Waals surface area (Å²) in [6.07, 6.45) is 1.23. The number of hydrogen-bond acceptors (Lipinski definition) is 4. The molecule has 4 nitrogen and oxygen atoms in total. The lowest BCUT2D eigenvalue weighted by atomic mass is 9.91. The van der Waals surface area contributed by atoms with E-state index in [0.717, 1.165) is 13.1 Å². The van der Waals surface area contributed by atoms with Gasteiger partial charge in [-0.1, -0.05) is 13.8 Å². The molecule has 0 aromatic carbocycles. The second kappa shape index (κ2) is 6.38. The summed E-state index contributed by atoms with van der Waals surface area (Å²) in [6.45, 7) is 8.35. The standard InChI is InChI=1S/C15H21N3OS/c1-10-6-11(2)9-18(8-10)12(3)14(19)17-15-13(7-16)4-5-20-15/h4-5,10-12H,6,8-9H2,1-3H3,(H,17,19)/t10-,11+,12-/m0/s1. The quantitative estimate of drug-likeness (QED) is 0.931. The summed E-state index contributed by atoms with van der Waals surface area (Å²) in [7, 11) is 0. The van der Waals surface area contributed by atoms with Gasteiger partial charge in [-0.05, 0) is 36.6 Å². The lowest BCUT2D eigenvalue weighted by Gasteiger charge is -2.38. The summed E-state index contributed by atoms with van der Waals surface area (Å²) in [4.78, 5) is 14.6. The predicted molar refractivity (Wildman–Crippen MR) is 81.6 cm³/mol. The molecular formula is C15H21N3OS. The molecule has 0 bridgehead atoms. The number of rotatable bonds is 3. The summed E-state index contributed by atoms with van der Waals surface area (Å²) in [5.41, 5.74) is 0.538. The summed E-state index contributed by atoms with van der Waals surface area (Å²) < 4.78 is 0. The maximum atomic E-state index is 12.3. The highest BCUT2D eigenvalue weighted by atomic mass is 32.1. The van der Waals surface area contributed by atoms with E-state index in [4.69, 9.17) is 5.26 Å². The van der Waals surface area contributed by atoms with Gasteiger partial charge in [-0.25, -0.2) is 0 Å². The molecule has 3 atom stereocenters. The van der Waals surface area contributed by atoms with Gasteiger partial charge in [0.2, 0.25) is 5.91 Å².